The Balaban J connectivity index is 0.00000319. The monoisotopic (exact) mass is 1000 g/mol. The maximum atomic E-state index is 2.43. The number of fused-ring (bicyclic) bond motifs is 6. The molecule has 0 aliphatic carbocycles. The molecule has 0 bridgehead atoms. The molecule has 0 saturated heterocycles. The van der Waals surface area contributed by atoms with Gasteiger partial charge in [0.1, 0.15) is 0 Å². The van der Waals surface area contributed by atoms with Gasteiger partial charge in [0.25, 0.3) is 0 Å². The average Bonchev–Trinajstić information content (AvgIpc) is 3.68. The molecule has 12 rings (SSSR count). The van der Waals surface area contributed by atoms with Gasteiger partial charge in [-0.1, -0.05) is 244 Å². The Morgan fingerprint density at radius 1 is 0.269 bits per heavy atom. The highest BCUT2D eigenvalue weighted by molar-refractivity contribution is 6.23. The van der Waals surface area contributed by atoms with E-state index in [0.717, 1.165) is 0 Å². The van der Waals surface area contributed by atoms with E-state index in [9.17, 15) is 0 Å². The lowest BCUT2D eigenvalue weighted by Gasteiger charge is -2.19. The molecule has 0 aliphatic rings. The van der Waals surface area contributed by atoms with Gasteiger partial charge in [0.2, 0.25) is 0 Å². The third kappa shape index (κ3) is 9.61. The van der Waals surface area contributed by atoms with Crippen molar-refractivity contribution in [3.8, 4) is 44.5 Å². The van der Waals surface area contributed by atoms with Crippen LogP contribution in [0.2, 0.25) is 0 Å². The fraction of sp³-hybridized carbons (Fsp3) is 0.103. The number of rotatable bonds is 9. The molecule has 0 spiro atoms. The third-order valence-electron chi connectivity index (χ3n) is 15.9. The summed E-state index contributed by atoms with van der Waals surface area (Å²) < 4.78 is 0. The highest BCUT2D eigenvalue weighted by atomic mass is 14.2. The smallest absolute Gasteiger partial charge is 0.00259 e. The second-order valence-electron chi connectivity index (χ2n) is 20.4. The van der Waals surface area contributed by atoms with Gasteiger partial charge in [-0.05, 0) is 219 Å². The normalized spacial score (nSPS) is 13.1. The summed E-state index contributed by atoms with van der Waals surface area (Å²) in [4.78, 5) is 0. The van der Waals surface area contributed by atoms with Crippen LogP contribution in [-0.4, -0.2) is 0 Å². The minimum absolute atomic E-state index is 1.21. The number of benzene rings is 12. The Bertz CT molecular complexity index is 4490. The molecule has 0 N–H and O–H groups in total. The van der Waals surface area contributed by atoms with Crippen molar-refractivity contribution in [2.45, 2.75) is 55.4 Å². The molecule has 12 aromatic carbocycles. The average molecular weight is 1000 g/mol. The zero-order valence-electron chi connectivity index (χ0n) is 46.2. The fourth-order valence-corrected chi connectivity index (χ4v) is 11.6. The maximum Gasteiger partial charge on any atom is -0.00259 e. The molecular formula is C78H66. The Kier molecular flexibility index (Phi) is 14.5. The third-order valence-corrected chi connectivity index (χ3v) is 15.9. The van der Waals surface area contributed by atoms with Gasteiger partial charge in [-0.2, -0.15) is 0 Å². The predicted molar refractivity (Wildman–Crippen MR) is 345 cm³/mol. The second kappa shape index (κ2) is 22.2. The van der Waals surface area contributed by atoms with Crippen LogP contribution < -0.4 is 10.4 Å². The first-order valence-corrected chi connectivity index (χ1v) is 27.7. The van der Waals surface area contributed by atoms with E-state index >= 15 is 0 Å². The molecule has 0 radical (unpaired) electrons. The fourth-order valence-electron chi connectivity index (χ4n) is 11.6. The lowest BCUT2D eigenvalue weighted by Crippen LogP contribution is -2.23. The van der Waals surface area contributed by atoms with Gasteiger partial charge in [0, 0.05) is 0 Å². The molecular weight excluding hydrogens is 937 g/mol. The van der Waals surface area contributed by atoms with Crippen molar-refractivity contribution in [1.29, 1.82) is 0 Å². The minimum Gasteiger partial charge on any atom is -0.0798 e. The Labute approximate surface area is 460 Å². The summed E-state index contributed by atoms with van der Waals surface area (Å²) in [5.41, 5.74) is 17.3. The Morgan fingerprint density at radius 2 is 0.615 bits per heavy atom. The quantitative estimate of drug-likeness (QED) is 0.0998. The largest absolute Gasteiger partial charge is 0.0798 e. The van der Waals surface area contributed by atoms with Gasteiger partial charge in [0.05, 0.1) is 0 Å². The molecule has 0 aliphatic heterocycles. The summed E-state index contributed by atoms with van der Waals surface area (Å²) in [6.45, 7) is 17.1. The van der Waals surface area contributed by atoms with E-state index in [1.165, 1.54) is 153 Å². The van der Waals surface area contributed by atoms with E-state index < -0.39 is 0 Å². The van der Waals surface area contributed by atoms with Gasteiger partial charge >= 0.3 is 0 Å². The molecule has 78 heavy (non-hydrogen) atoms. The zero-order valence-corrected chi connectivity index (χ0v) is 46.2. The van der Waals surface area contributed by atoms with Crippen molar-refractivity contribution in [3.63, 3.8) is 0 Å². The molecule has 12 aromatic rings. The number of hydrogen-bond acceptors (Lipinski definition) is 0. The molecule has 0 heterocycles. The summed E-state index contributed by atoms with van der Waals surface area (Å²) in [7, 11) is 0. The molecule has 378 valence electrons. The molecule has 0 fully saturated rings. The van der Waals surface area contributed by atoms with Crippen molar-refractivity contribution in [1.82, 2.24) is 0 Å². The van der Waals surface area contributed by atoms with Gasteiger partial charge in [-0.15, -0.1) is 0 Å². The van der Waals surface area contributed by atoms with Crippen molar-refractivity contribution >= 4 is 87.9 Å². The topological polar surface area (TPSA) is 0 Å². The van der Waals surface area contributed by atoms with Crippen LogP contribution in [-0.2, 0) is 0 Å². The van der Waals surface area contributed by atoms with Crippen LogP contribution in [0.5, 0.6) is 0 Å². The van der Waals surface area contributed by atoms with Crippen molar-refractivity contribution in [3.05, 3.63) is 275 Å². The number of allylic oxidation sites excluding steroid dienone is 8. The SMILES string of the molecule is C/C=c1/ccc(-c2c3ccccc3c(-c3ccc(/C(C)=C/C=C(C)/C(C)=C/C=C(\C)c4ccc5c(-c6ccc7ccccc7c6)c6ccccc6c(-c6ccc7ccccc7c6)c5c4)cc3)c3ccccc23)c/c1=C/C.CC. The maximum absolute atomic E-state index is 2.43. The van der Waals surface area contributed by atoms with Crippen molar-refractivity contribution in [2.75, 3.05) is 0 Å². The summed E-state index contributed by atoms with van der Waals surface area (Å²) in [5.74, 6) is 0. The molecule has 0 saturated carbocycles. The van der Waals surface area contributed by atoms with Gasteiger partial charge < -0.3 is 0 Å². The summed E-state index contributed by atoms with van der Waals surface area (Å²) in [6.07, 6.45) is 13.5. The highest BCUT2D eigenvalue weighted by Crippen LogP contribution is 2.46. The van der Waals surface area contributed by atoms with Crippen molar-refractivity contribution < 1.29 is 0 Å². The van der Waals surface area contributed by atoms with Crippen LogP contribution in [0.15, 0.2) is 254 Å². The van der Waals surface area contributed by atoms with Crippen LogP contribution >= 0.6 is 0 Å². The van der Waals surface area contributed by atoms with Crippen molar-refractivity contribution in [2.24, 2.45) is 0 Å². The standard InChI is InChI=1S/C76H60.C2H6/c1-7-53-33-40-62(45-54(53)8-2)74-67-25-15-13-23-65(67)73(66-24-14-16-26-68(66)74)58-38-34-55(35-39-58)51(5)31-29-49(3)50(4)30-32-52(6)59-43-44-71-72(48-59)76(64-42-37-57-20-10-12-22-61(57)47-64)70-28-18-17-27-69(70)75(71)63-41-36-56-19-9-11-21-60(56)46-63;1-2/h7-48H,1-6H3;1-2H3/b49-29+,50-30+,51-31+,52-32+,53-7-,54-8-;. The summed E-state index contributed by atoms with van der Waals surface area (Å²) in [6, 6.07) is 81.1. The van der Waals surface area contributed by atoms with E-state index in [2.05, 4.69) is 296 Å². The van der Waals surface area contributed by atoms with E-state index in [1.807, 2.05) is 13.8 Å². The molecule has 0 aromatic heterocycles. The molecule has 0 unspecified atom stereocenters. The van der Waals surface area contributed by atoms with Crippen LogP contribution in [0, 0.1) is 0 Å². The van der Waals surface area contributed by atoms with E-state index in [-0.39, 0.29) is 0 Å². The van der Waals surface area contributed by atoms with Gasteiger partial charge in [-0.3, -0.25) is 0 Å². The van der Waals surface area contributed by atoms with Gasteiger partial charge in [0.15, 0.2) is 0 Å². The lowest BCUT2D eigenvalue weighted by molar-refractivity contribution is 1.34. The van der Waals surface area contributed by atoms with Gasteiger partial charge in [-0.25, -0.2) is 0 Å². The Morgan fingerprint density at radius 3 is 1.08 bits per heavy atom. The predicted octanol–water partition coefficient (Wildman–Crippen LogP) is 21.3. The minimum atomic E-state index is 1.21. The molecule has 0 atom stereocenters. The molecule has 0 heteroatoms. The van der Waals surface area contributed by atoms with E-state index in [4.69, 9.17) is 0 Å². The van der Waals surface area contributed by atoms with Crippen LogP contribution in [0.1, 0.15) is 66.5 Å². The first-order chi connectivity index (χ1) is 38.3. The van der Waals surface area contributed by atoms with E-state index in [1.54, 1.807) is 0 Å². The lowest BCUT2D eigenvalue weighted by atomic mass is 9.84. The second-order valence-corrected chi connectivity index (χ2v) is 20.4. The van der Waals surface area contributed by atoms with E-state index in [0.29, 0.717) is 0 Å². The summed E-state index contributed by atoms with van der Waals surface area (Å²) >= 11 is 0. The molecule has 0 nitrogen and oxygen atoms in total. The highest BCUT2D eigenvalue weighted by Gasteiger charge is 2.20. The van der Waals surface area contributed by atoms with Crippen LogP contribution in [0.4, 0.5) is 0 Å². The first-order valence-electron chi connectivity index (χ1n) is 27.7. The molecule has 0 amide bonds. The summed E-state index contributed by atoms with van der Waals surface area (Å²) in [5, 5.41) is 17.6. The zero-order chi connectivity index (χ0) is 53.9. The first kappa shape index (κ1) is 51.0. The van der Waals surface area contributed by atoms with Crippen LogP contribution in [0.25, 0.3) is 132 Å². The van der Waals surface area contributed by atoms with Crippen LogP contribution in [0.3, 0.4) is 0 Å². The number of hydrogen-bond donors (Lipinski definition) is 0. The Hall–Kier alpha value is -9.10.